The third-order valence-electron chi connectivity index (χ3n) is 12.3. The highest BCUT2D eigenvalue weighted by atomic mass is 19.3. The number of carbonyl (C=O) groups is 4. The second-order valence-corrected chi connectivity index (χ2v) is 16.7. The number of ether oxygens (including phenoxy) is 1. The van der Waals surface area contributed by atoms with E-state index in [1.165, 1.54) is 17.2 Å². The van der Waals surface area contributed by atoms with E-state index in [2.05, 4.69) is 45.6 Å². The number of fused-ring (bicyclic) bond motifs is 1. The van der Waals surface area contributed by atoms with Crippen LogP contribution in [-0.4, -0.2) is 171 Å². The highest BCUT2D eigenvalue weighted by Gasteiger charge is 2.30. The van der Waals surface area contributed by atoms with E-state index in [1.807, 2.05) is 14.7 Å². The molecule has 0 spiro atoms. The molecule has 0 saturated carbocycles. The van der Waals surface area contributed by atoms with E-state index in [0.717, 1.165) is 45.3 Å². The number of alkyl halides is 2. The number of imide groups is 1. The van der Waals surface area contributed by atoms with Crippen LogP contribution in [0.2, 0.25) is 0 Å². The zero-order valence-corrected chi connectivity index (χ0v) is 36.9. The molecule has 0 radical (unpaired) electrons. The molecule has 0 bridgehead atoms. The standard InChI is InChI=1S/C42H55F3N16O5/c1-55-31-25-30(29(43)24-27(31)38(54-55)61-11-8-32(62)49-42(61)65)47-9-4-2-3-5-10-56-12-14-57(15-13-56)33(63)6-7-34(64)58-16-18-59(19-17-58)40-51-37(28-26-48-39(46)50-35(28)36(44)45)52-41(53-40)60-20-22-66-23-21-60/h24-26,36,47H,2-23H2,1H3,(H2,46,48,50)(H,49,62,65). The highest BCUT2D eigenvalue weighted by Crippen LogP contribution is 2.32. The van der Waals surface area contributed by atoms with Crippen molar-refractivity contribution in [2.24, 2.45) is 7.05 Å². The lowest BCUT2D eigenvalue weighted by molar-refractivity contribution is -0.138. The van der Waals surface area contributed by atoms with Gasteiger partial charge >= 0.3 is 6.03 Å². The summed E-state index contributed by atoms with van der Waals surface area (Å²) in [5.41, 5.74) is 6.02. The fraction of sp³-hybridized carbons (Fsp3) is 0.571. The first-order chi connectivity index (χ1) is 31.9. The molecule has 8 rings (SSSR count). The van der Waals surface area contributed by atoms with Crippen LogP contribution in [-0.2, 0) is 26.2 Å². The van der Waals surface area contributed by atoms with Gasteiger partial charge in [0, 0.05) is 116 Å². The molecule has 24 heteroatoms. The van der Waals surface area contributed by atoms with Crippen molar-refractivity contribution in [1.82, 2.24) is 54.7 Å². The predicted octanol–water partition coefficient (Wildman–Crippen LogP) is 2.40. The van der Waals surface area contributed by atoms with Gasteiger partial charge in [0.25, 0.3) is 6.43 Å². The SMILES string of the molecule is Cn1nc(N2CCC(=O)NC2=O)c2cc(F)c(NCCCCCCN3CCN(C(=O)CCC(=O)N4CCN(c5nc(-c6cnc(N)nc6C(F)F)nc(N6CCOCC6)n5)CC4)CC3)cc21. The third kappa shape index (κ3) is 10.8. The van der Waals surface area contributed by atoms with Crippen LogP contribution in [0.25, 0.3) is 22.3 Å². The van der Waals surface area contributed by atoms with Crippen LogP contribution >= 0.6 is 0 Å². The van der Waals surface area contributed by atoms with Crippen molar-refractivity contribution >= 4 is 64.0 Å². The number of urea groups is 1. The number of rotatable bonds is 16. The van der Waals surface area contributed by atoms with Crippen molar-refractivity contribution in [2.75, 3.05) is 124 Å². The number of morpholine rings is 1. The van der Waals surface area contributed by atoms with E-state index in [9.17, 15) is 28.0 Å². The van der Waals surface area contributed by atoms with Crippen molar-refractivity contribution in [3.05, 3.63) is 29.8 Å². The molecule has 4 aliphatic heterocycles. The number of halogens is 3. The molecule has 5 amide bonds. The second kappa shape index (κ2) is 20.8. The Bertz CT molecular complexity index is 2400. The molecule has 4 aromatic rings. The quantitative estimate of drug-likeness (QED) is 0.137. The molecule has 21 nitrogen and oxygen atoms in total. The molecule has 4 fully saturated rings. The van der Waals surface area contributed by atoms with Gasteiger partial charge in [-0.2, -0.15) is 20.1 Å². The highest BCUT2D eigenvalue weighted by molar-refractivity contribution is 6.09. The van der Waals surface area contributed by atoms with Crippen molar-refractivity contribution in [1.29, 1.82) is 0 Å². The zero-order valence-electron chi connectivity index (χ0n) is 36.9. The van der Waals surface area contributed by atoms with Gasteiger partial charge in [0.1, 0.15) is 11.5 Å². The van der Waals surface area contributed by atoms with E-state index in [1.54, 1.807) is 22.7 Å². The first kappa shape index (κ1) is 46.1. The molecule has 1 aromatic carbocycles. The smallest absolute Gasteiger partial charge is 0.329 e. The van der Waals surface area contributed by atoms with Gasteiger partial charge in [0.15, 0.2) is 11.6 Å². The van der Waals surface area contributed by atoms with E-state index >= 15 is 4.39 Å². The Balaban J connectivity index is 0.728. The van der Waals surface area contributed by atoms with Crippen molar-refractivity contribution < 1.29 is 37.1 Å². The topological polar surface area (TPSA) is 229 Å². The third-order valence-corrected chi connectivity index (χ3v) is 12.3. The Hall–Kier alpha value is -6.43. The van der Waals surface area contributed by atoms with Gasteiger partial charge in [-0.15, -0.1) is 0 Å². The molecule has 354 valence electrons. The number of aromatic nitrogens is 7. The summed E-state index contributed by atoms with van der Waals surface area (Å²) in [4.78, 5) is 82.8. The van der Waals surface area contributed by atoms with E-state index in [0.29, 0.717) is 100 Å². The van der Waals surface area contributed by atoms with Gasteiger partial charge in [-0.3, -0.25) is 34.2 Å². The van der Waals surface area contributed by atoms with E-state index in [4.69, 9.17) is 10.5 Å². The van der Waals surface area contributed by atoms with Crippen molar-refractivity contribution in [2.45, 2.75) is 51.4 Å². The minimum absolute atomic E-state index is 0.00251. The molecule has 3 aromatic heterocycles. The Morgan fingerprint density at radius 1 is 0.833 bits per heavy atom. The summed E-state index contributed by atoms with van der Waals surface area (Å²) in [6.45, 7) is 7.93. The van der Waals surface area contributed by atoms with Gasteiger partial charge in [0.05, 0.1) is 30.0 Å². The molecule has 0 aliphatic carbocycles. The number of carbonyl (C=O) groups excluding carboxylic acids is 4. The monoisotopic (exact) mass is 920 g/mol. The maximum absolute atomic E-state index is 15.1. The number of nitrogen functional groups attached to an aromatic ring is 1. The summed E-state index contributed by atoms with van der Waals surface area (Å²) in [5, 5.41) is 10.4. The lowest BCUT2D eigenvalue weighted by Gasteiger charge is -2.36. The lowest BCUT2D eigenvalue weighted by Crippen LogP contribution is -2.50. The van der Waals surface area contributed by atoms with Gasteiger partial charge < -0.3 is 35.4 Å². The lowest BCUT2D eigenvalue weighted by atomic mass is 10.1. The van der Waals surface area contributed by atoms with Crippen LogP contribution in [0.15, 0.2) is 18.3 Å². The summed E-state index contributed by atoms with van der Waals surface area (Å²) in [6.07, 6.45) is 2.48. The van der Waals surface area contributed by atoms with Gasteiger partial charge in [-0.25, -0.2) is 27.9 Å². The molecule has 7 heterocycles. The molecule has 0 unspecified atom stereocenters. The summed E-state index contributed by atoms with van der Waals surface area (Å²) < 4.78 is 50.3. The minimum Gasteiger partial charge on any atom is -0.383 e. The van der Waals surface area contributed by atoms with E-state index < -0.39 is 24.0 Å². The first-order valence-corrected chi connectivity index (χ1v) is 22.5. The molecule has 4 aliphatic rings. The number of anilines is 5. The number of hydrogen-bond donors (Lipinski definition) is 3. The van der Waals surface area contributed by atoms with Crippen LogP contribution in [0.4, 0.5) is 47.3 Å². The Morgan fingerprint density at radius 3 is 2.15 bits per heavy atom. The molecule has 0 atom stereocenters. The number of benzene rings is 1. The molecule has 4 N–H and O–H groups in total. The maximum Gasteiger partial charge on any atom is 0.329 e. The number of unbranched alkanes of at least 4 members (excludes halogenated alkanes) is 3. The van der Waals surface area contributed by atoms with Crippen LogP contribution in [0.5, 0.6) is 0 Å². The summed E-state index contributed by atoms with van der Waals surface area (Å²) in [5.74, 6) is -0.316. The summed E-state index contributed by atoms with van der Waals surface area (Å²) in [7, 11) is 1.73. The molecule has 4 saturated heterocycles. The number of nitrogens with two attached hydrogens (primary N) is 1. The molecular formula is C42H55F3N16O5. The van der Waals surface area contributed by atoms with Gasteiger partial charge in [-0.1, -0.05) is 12.8 Å². The zero-order chi connectivity index (χ0) is 46.3. The first-order valence-electron chi connectivity index (χ1n) is 22.5. The Kier molecular flexibility index (Phi) is 14.5. The number of amides is 5. The van der Waals surface area contributed by atoms with Crippen LogP contribution in [0, 0.1) is 5.82 Å². The van der Waals surface area contributed by atoms with Gasteiger partial charge in [-0.05, 0) is 31.5 Å². The van der Waals surface area contributed by atoms with Crippen LogP contribution < -0.4 is 31.1 Å². The van der Waals surface area contributed by atoms with Crippen molar-refractivity contribution in [3.63, 3.8) is 0 Å². The number of nitrogens with zero attached hydrogens (tertiary/aromatic N) is 13. The summed E-state index contributed by atoms with van der Waals surface area (Å²) in [6, 6.07) is 2.50. The minimum atomic E-state index is -2.93. The Morgan fingerprint density at radius 2 is 1.48 bits per heavy atom. The summed E-state index contributed by atoms with van der Waals surface area (Å²) >= 11 is 0. The normalized spacial score (nSPS) is 17.6. The van der Waals surface area contributed by atoms with Crippen molar-refractivity contribution in [3.8, 4) is 11.4 Å². The fourth-order valence-electron chi connectivity index (χ4n) is 8.57. The fourth-order valence-corrected chi connectivity index (χ4v) is 8.57. The number of piperazine rings is 2. The number of hydrogen-bond acceptors (Lipinski definition) is 16. The number of nitrogens with one attached hydrogen (secondary N) is 2. The van der Waals surface area contributed by atoms with Crippen LogP contribution in [0.1, 0.15) is 57.1 Å². The molecular weight excluding hydrogens is 866 g/mol. The largest absolute Gasteiger partial charge is 0.383 e. The predicted molar refractivity (Wildman–Crippen MR) is 237 cm³/mol. The van der Waals surface area contributed by atoms with Gasteiger partial charge in [0.2, 0.25) is 35.6 Å². The second-order valence-electron chi connectivity index (χ2n) is 16.7. The van der Waals surface area contributed by atoms with Crippen LogP contribution in [0.3, 0.4) is 0 Å². The van der Waals surface area contributed by atoms with E-state index in [-0.39, 0.29) is 66.8 Å². The number of aryl methyl sites for hydroxylation is 1. The average Bonchev–Trinajstić information content (AvgIpc) is 3.64. The average molecular weight is 921 g/mol. The maximum atomic E-state index is 15.1. The molecule has 66 heavy (non-hydrogen) atoms. The Labute approximate surface area is 378 Å².